The molecule has 0 saturated heterocycles. The Morgan fingerprint density at radius 3 is 2.16 bits per heavy atom. The van der Waals surface area contributed by atoms with E-state index in [1.165, 1.54) is 6.92 Å². The summed E-state index contributed by atoms with van der Waals surface area (Å²) in [7, 11) is 0. The minimum atomic E-state index is -0.799. The number of nitrogens with two attached hydrogens (primary N) is 3. The molecule has 2 atom stereocenters. The predicted molar refractivity (Wildman–Crippen MR) is 123 cm³/mol. The van der Waals surface area contributed by atoms with Crippen molar-refractivity contribution in [2.75, 3.05) is 10.6 Å². The van der Waals surface area contributed by atoms with Gasteiger partial charge in [0.1, 0.15) is 22.5 Å². The van der Waals surface area contributed by atoms with Crippen molar-refractivity contribution >= 4 is 45.6 Å². The predicted octanol–water partition coefficient (Wildman–Crippen LogP) is 2.22. The number of carbonyl (C=O) groups is 3. The molecule has 166 valence electrons. The number of primary amides is 2. The van der Waals surface area contributed by atoms with Crippen LogP contribution in [0.3, 0.4) is 0 Å². The van der Waals surface area contributed by atoms with E-state index in [9.17, 15) is 14.4 Å². The van der Waals surface area contributed by atoms with Gasteiger partial charge in [0.25, 0.3) is 5.91 Å². The van der Waals surface area contributed by atoms with Crippen molar-refractivity contribution in [3.63, 3.8) is 0 Å². The number of hydrogen-bond donors (Lipinski definition) is 3. The van der Waals surface area contributed by atoms with Crippen LogP contribution in [0, 0.1) is 0 Å². The second kappa shape index (κ2) is 9.48. The van der Waals surface area contributed by atoms with Gasteiger partial charge in [-0.3, -0.25) is 14.4 Å². The van der Waals surface area contributed by atoms with Gasteiger partial charge in [-0.25, -0.2) is 4.98 Å². The van der Waals surface area contributed by atoms with E-state index in [0.717, 1.165) is 11.3 Å². The highest BCUT2D eigenvalue weighted by atomic mass is 32.1. The molecule has 3 aromatic rings. The zero-order valence-corrected chi connectivity index (χ0v) is 18.3. The molecule has 2 aromatic carbocycles. The number of anilines is 3. The third-order valence-electron chi connectivity index (χ3n) is 4.72. The van der Waals surface area contributed by atoms with Crippen LogP contribution >= 0.6 is 11.3 Å². The fourth-order valence-corrected chi connectivity index (χ4v) is 3.93. The van der Waals surface area contributed by atoms with E-state index >= 15 is 0 Å². The number of para-hydroxylation sites is 1. The molecule has 0 radical (unpaired) electrons. The first-order valence-electron chi connectivity index (χ1n) is 9.69. The van der Waals surface area contributed by atoms with E-state index in [0.29, 0.717) is 22.1 Å². The van der Waals surface area contributed by atoms with Gasteiger partial charge < -0.3 is 26.8 Å². The van der Waals surface area contributed by atoms with Gasteiger partial charge in [0.05, 0.1) is 0 Å². The van der Waals surface area contributed by atoms with Crippen molar-refractivity contribution in [2.45, 2.75) is 26.0 Å². The van der Waals surface area contributed by atoms with Crippen LogP contribution < -0.4 is 26.8 Å². The normalized spacial score (nSPS) is 12.6. The van der Waals surface area contributed by atoms with Crippen molar-refractivity contribution < 1.29 is 19.1 Å². The number of thiazole rings is 1. The van der Waals surface area contributed by atoms with Crippen LogP contribution in [-0.2, 0) is 9.59 Å². The van der Waals surface area contributed by atoms with Crippen molar-refractivity contribution in [3.8, 4) is 5.75 Å². The Balaban J connectivity index is 1.90. The molecule has 0 saturated carbocycles. The van der Waals surface area contributed by atoms with E-state index in [4.69, 9.17) is 21.9 Å². The summed E-state index contributed by atoms with van der Waals surface area (Å²) < 4.78 is 5.40. The number of amides is 2. The molecule has 0 aliphatic carbocycles. The van der Waals surface area contributed by atoms with Crippen LogP contribution in [0.5, 0.6) is 5.75 Å². The second-order valence-corrected chi connectivity index (χ2v) is 7.99. The van der Waals surface area contributed by atoms with Crippen LogP contribution in [0.1, 0.15) is 29.1 Å². The van der Waals surface area contributed by atoms with E-state index in [1.807, 2.05) is 30.3 Å². The average Bonchev–Trinajstić information content (AvgIpc) is 3.15. The Kier molecular flexibility index (Phi) is 6.74. The van der Waals surface area contributed by atoms with Crippen LogP contribution in [0.2, 0.25) is 0 Å². The molecule has 1 heterocycles. The quantitative estimate of drug-likeness (QED) is 0.420. The summed E-state index contributed by atoms with van der Waals surface area (Å²) >= 11 is 1.07. The first-order valence-corrected chi connectivity index (χ1v) is 10.5. The van der Waals surface area contributed by atoms with Crippen molar-refractivity contribution in [1.82, 2.24) is 4.98 Å². The highest BCUT2D eigenvalue weighted by Gasteiger charge is 2.27. The molecule has 0 unspecified atom stereocenters. The number of rotatable bonds is 9. The average molecular weight is 454 g/mol. The van der Waals surface area contributed by atoms with Gasteiger partial charge in [-0.15, -0.1) is 0 Å². The lowest BCUT2D eigenvalue weighted by molar-refractivity contribution is -0.124. The molecule has 9 nitrogen and oxygen atoms in total. The maximum atomic E-state index is 13.1. The van der Waals surface area contributed by atoms with Gasteiger partial charge in [0.15, 0.2) is 11.2 Å². The van der Waals surface area contributed by atoms with Gasteiger partial charge in [0, 0.05) is 11.3 Å². The Morgan fingerprint density at radius 1 is 0.969 bits per heavy atom. The maximum absolute atomic E-state index is 13.1. The maximum Gasteiger partial charge on any atom is 0.258 e. The Bertz CT molecular complexity index is 1130. The number of ether oxygens (including phenoxy) is 1. The summed E-state index contributed by atoms with van der Waals surface area (Å²) in [5.41, 5.74) is 17.8. The van der Waals surface area contributed by atoms with Gasteiger partial charge in [0.2, 0.25) is 11.7 Å². The standard InChI is InChI=1S/C22H23N5O4S/c1-12(20(24)29)27(15-6-4-3-5-7-15)22-26-19(23)18(32-22)17(28)14-8-10-16(11-9-14)31-13(2)21(25)30/h3-13H,23H2,1-2H3,(H2,24,29)(H2,25,30)/t12-,13+/m1/s1. The molecule has 0 bridgehead atoms. The summed E-state index contributed by atoms with van der Waals surface area (Å²) in [6.45, 7) is 3.19. The Morgan fingerprint density at radius 2 is 1.59 bits per heavy atom. The summed E-state index contributed by atoms with van der Waals surface area (Å²) in [6, 6.07) is 14.6. The largest absolute Gasteiger partial charge is 0.481 e. The van der Waals surface area contributed by atoms with E-state index in [-0.39, 0.29) is 16.5 Å². The number of ketones is 1. The topological polar surface area (TPSA) is 155 Å². The van der Waals surface area contributed by atoms with Crippen LogP contribution in [0.25, 0.3) is 0 Å². The monoisotopic (exact) mass is 453 g/mol. The third kappa shape index (κ3) is 4.86. The highest BCUT2D eigenvalue weighted by molar-refractivity contribution is 7.18. The molecule has 6 N–H and O–H groups in total. The lowest BCUT2D eigenvalue weighted by atomic mass is 10.1. The van der Waals surface area contributed by atoms with Crippen molar-refractivity contribution in [1.29, 1.82) is 0 Å². The summed E-state index contributed by atoms with van der Waals surface area (Å²) in [4.78, 5) is 42.3. The number of carbonyl (C=O) groups excluding carboxylic acids is 3. The van der Waals surface area contributed by atoms with Crippen LogP contribution in [0.4, 0.5) is 16.6 Å². The number of nitrogens with zero attached hydrogens (tertiary/aromatic N) is 2. The number of benzene rings is 2. The van der Waals surface area contributed by atoms with Gasteiger partial charge in [-0.1, -0.05) is 29.5 Å². The van der Waals surface area contributed by atoms with E-state index < -0.39 is 24.0 Å². The molecular weight excluding hydrogens is 430 g/mol. The van der Waals surface area contributed by atoms with Gasteiger partial charge in [-0.05, 0) is 50.2 Å². The summed E-state index contributed by atoms with van der Waals surface area (Å²) in [5, 5.41) is 0.374. The number of hydrogen-bond acceptors (Lipinski definition) is 8. The molecule has 0 aliphatic heterocycles. The molecular formula is C22H23N5O4S. The first-order chi connectivity index (χ1) is 15.2. The summed E-state index contributed by atoms with van der Waals surface area (Å²) in [6.07, 6.45) is -0.799. The molecule has 2 amide bonds. The molecule has 10 heteroatoms. The number of nitrogen functional groups attached to an aromatic ring is 1. The Labute approximate surface area is 188 Å². The zero-order valence-electron chi connectivity index (χ0n) is 17.5. The molecule has 0 aliphatic rings. The van der Waals surface area contributed by atoms with Gasteiger partial charge in [-0.2, -0.15) is 0 Å². The van der Waals surface area contributed by atoms with Crippen LogP contribution in [0.15, 0.2) is 54.6 Å². The lowest BCUT2D eigenvalue weighted by Crippen LogP contribution is -2.39. The molecule has 1 aromatic heterocycles. The fourth-order valence-electron chi connectivity index (χ4n) is 2.88. The van der Waals surface area contributed by atoms with Crippen molar-refractivity contribution in [2.24, 2.45) is 11.5 Å². The molecule has 0 fully saturated rings. The number of aromatic nitrogens is 1. The molecule has 32 heavy (non-hydrogen) atoms. The smallest absolute Gasteiger partial charge is 0.258 e. The second-order valence-electron chi connectivity index (χ2n) is 7.01. The minimum absolute atomic E-state index is 0.0512. The summed E-state index contributed by atoms with van der Waals surface area (Å²) in [5.74, 6) is -1.02. The van der Waals surface area contributed by atoms with E-state index in [1.54, 1.807) is 36.1 Å². The Hall–Kier alpha value is -3.92. The van der Waals surface area contributed by atoms with E-state index in [2.05, 4.69) is 4.98 Å². The zero-order chi connectivity index (χ0) is 23.4. The minimum Gasteiger partial charge on any atom is -0.481 e. The molecule has 3 rings (SSSR count). The third-order valence-corrected chi connectivity index (χ3v) is 5.79. The van der Waals surface area contributed by atoms with Crippen LogP contribution in [-0.4, -0.2) is 34.7 Å². The van der Waals surface area contributed by atoms with Crippen molar-refractivity contribution in [3.05, 3.63) is 65.0 Å². The fraction of sp³-hybridized carbons (Fsp3) is 0.182. The molecule has 0 spiro atoms. The van der Waals surface area contributed by atoms with Gasteiger partial charge >= 0.3 is 0 Å². The first kappa shape index (κ1) is 22.8. The highest BCUT2D eigenvalue weighted by Crippen LogP contribution is 2.35. The SMILES string of the molecule is C[C@H](Oc1ccc(C(=O)c2sc(N(c3ccccc3)[C@H](C)C(N)=O)nc2N)cc1)C(N)=O. The lowest BCUT2D eigenvalue weighted by Gasteiger charge is -2.26.